The van der Waals surface area contributed by atoms with Gasteiger partial charge in [-0.2, -0.15) is 26.3 Å². The van der Waals surface area contributed by atoms with Gasteiger partial charge in [0.1, 0.15) is 5.82 Å². The van der Waals surface area contributed by atoms with Crippen molar-refractivity contribution in [1.29, 1.82) is 0 Å². The number of hydrogen-bond donors (Lipinski definition) is 0. The first-order valence-electron chi connectivity index (χ1n) is 12.4. The fourth-order valence-electron chi connectivity index (χ4n) is 5.18. The largest absolute Gasteiger partial charge is 0.611 e. The van der Waals surface area contributed by atoms with Crippen molar-refractivity contribution in [2.45, 2.75) is 34.1 Å². The van der Waals surface area contributed by atoms with Crippen LogP contribution < -0.4 is 0 Å². The molecule has 1 aromatic heterocycles. The Labute approximate surface area is 237 Å². The summed E-state index contributed by atoms with van der Waals surface area (Å²) in [4.78, 5) is 19.4. The second-order valence-electron chi connectivity index (χ2n) is 9.80. The Balaban J connectivity index is 1.57. The van der Waals surface area contributed by atoms with Gasteiger partial charge in [0.05, 0.1) is 12.1 Å². The normalized spacial score (nSPS) is 18.8. The zero-order valence-electron chi connectivity index (χ0n) is 21.3. The van der Waals surface area contributed by atoms with Crippen molar-refractivity contribution in [2.75, 3.05) is 13.1 Å². The predicted octanol–water partition coefficient (Wildman–Crippen LogP) is 7.21. The van der Waals surface area contributed by atoms with Gasteiger partial charge >= 0.3 is 18.0 Å². The van der Waals surface area contributed by atoms with E-state index < -0.39 is 51.2 Å². The van der Waals surface area contributed by atoms with Crippen molar-refractivity contribution in [2.24, 2.45) is 0 Å². The fraction of sp³-hybridized carbons (Fsp3) is 0.241. The molecule has 0 radical (unpaired) electrons. The van der Waals surface area contributed by atoms with Gasteiger partial charge in [-0.3, -0.25) is 9.78 Å². The number of hydrogen-bond acceptors (Lipinski definition) is 3. The van der Waals surface area contributed by atoms with Gasteiger partial charge in [-0.1, -0.05) is 36.4 Å². The lowest BCUT2D eigenvalue weighted by Gasteiger charge is -2.33. The van der Waals surface area contributed by atoms with Gasteiger partial charge in [0.15, 0.2) is 9.64 Å². The minimum atomic E-state index is -6.30. The lowest BCUT2D eigenvalue weighted by atomic mass is 9.90. The molecule has 1 amide bonds. The molecule has 1 aliphatic rings. The number of benzene rings is 3. The average Bonchev–Trinajstić information content (AvgIpc) is 3.42. The molecular weight excluding hydrogens is 592 g/mol. The van der Waals surface area contributed by atoms with Crippen molar-refractivity contribution in [3.05, 3.63) is 108 Å². The SMILES string of the molecule is O=C(c1cccc2ncccc12)N1CC[C@](c2ccc(C(F)(C(F)(F)F)C(F)(F)F)cc2)([S+]([O-])c2ccc(F)cc2)C1. The van der Waals surface area contributed by atoms with Gasteiger partial charge in [-0.25, -0.2) is 8.78 Å². The van der Waals surface area contributed by atoms with E-state index in [0.717, 1.165) is 24.3 Å². The predicted molar refractivity (Wildman–Crippen MR) is 138 cm³/mol. The standard InChI is InChI=1S/C29H20F8N2O2S/c30-20-10-12-21(13-11-20)42(41)26(18-6-8-19(9-7-18)27(31,28(32,33)34)29(35,36)37)14-16-39(17-26)25(40)23-3-1-5-24-22(23)4-2-15-38-24/h1-13,15H,14,16-17H2/t26-,42?/m0/s1. The number of halogens is 8. The quantitative estimate of drug-likeness (QED) is 0.177. The van der Waals surface area contributed by atoms with Crippen LogP contribution in [0.1, 0.15) is 27.9 Å². The fourth-order valence-corrected chi connectivity index (χ4v) is 6.92. The molecular formula is C29H20F8N2O2S. The highest BCUT2D eigenvalue weighted by Crippen LogP contribution is 2.54. The molecule has 1 aliphatic heterocycles. The third kappa shape index (κ3) is 4.87. The summed E-state index contributed by atoms with van der Waals surface area (Å²) >= 11 is -2.07. The highest BCUT2D eigenvalue weighted by molar-refractivity contribution is 7.92. The number of carbonyl (C=O) groups excluding carboxylic acids is 1. The Bertz CT molecular complexity index is 1590. The molecule has 1 saturated heterocycles. The second kappa shape index (κ2) is 10.5. The van der Waals surface area contributed by atoms with Crippen LogP contribution in [-0.2, 0) is 21.6 Å². The van der Waals surface area contributed by atoms with Crippen molar-refractivity contribution in [3.63, 3.8) is 0 Å². The molecule has 3 aromatic carbocycles. The van der Waals surface area contributed by atoms with E-state index in [2.05, 4.69) is 4.98 Å². The Kier molecular flexibility index (Phi) is 7.46. The van der Waals surface area contributed by atoms with Crippen LogP contribution in [0.4, 0.5) is 35.1 Å². The van der Waals surface area contributed by atoms with Crippen molar-refractivity contribution < 1.29 is 44.5 Å². The van der Waals surface area contributed by atoms with Crippen LogP contribution in [-0.4, -0.2) is 45.8 Å². The summed E-state index contributed by atoms with van der Waals surface area (Å²) in [7, 11) is 0. The van der Waals surface area contributed by atoms with E-state index in [0.29, 0.717) is 23.0 Å². The highest BCUT2D eigenvalue weighted by atomic mass is 32.2. The number of nitrogens with zero attached hydrogens (tertiary/aromatic N) is 2. The van der Waals surface area contributed by atoms with Gasteiger partial charge < -0.3 is 9.45 Å². The third-order valence-electron chi connectivity index (χ3n) is 7.37. The molecule has 13 heteroatoms. The lowest BCUT2D eigenvalue weighted by molar-refractivity contribution is -0.348. The van der Waals surface area contributed by atoms with E-state index in [1.165, 1.54) is 17.0 Å². The number of alkyl halides is 7. The third-order valence-corrected chi connectivity index (χ3v) is 9.35. The van der Waals surface area contributed by atoms with Crippen LogP contribution in [0.25, 0.3) is 10.9 Å². The van der Waals surface area contributed by atoms with Gasteiger partial charge in [0.25, 0.3) is 5.91 Å². The molecule has 0 bridgehead atoms. The molecule has 5 rings (SSSR count). The summed E-state index contributed by atoms with van der Waals surface area (Å²) in [5.41, 5.74) is -6.47. The number of fused-ring (bicyclic) bond motifs is 1. The molecule has 0 spiro atoms. The van der Waals surface area contributed by atoms with Crippen molar-refractivity contribution in [3.8, 4) is 0 Å². The summed E-state index contributed by atoms with van der Waals surface area (Å²) < 4.78 is 121. The van der Waals surface area contributed by atoms with E-state index in [4.69, 9.17) is 0 Å². The highest BCUT2D eigenvalue weighted by Gasteiger charge is 2.73. The summed E-state index contributed by atoms with van der Waals surface area (Å²) in [5, 5.41) is 0.546. The maximum Gasteiger partial charge on any atom is 0.435 e. The number of carbonyl (C=O) groups is 1. The molecule has 2 heterocycles. The van der Waals surface area contributed by atoms with Crippen molar-refractivity contribution in [1.82, 2.24) is 9.88 Å². The first-order chi connectivity index (χ1) is 19.7. The molecule has 0 N–H and O–H groups in total. The molecule has 4 nitrogen and oxygen atoms in total. The maximum atomic E-state index is 14.7. The van der Waals surface area contributed by atoms with E-state index in [9.17, 15) is 44.5 Å². The van der Waals surface area contributed by atoms with E-state index >= 15 is 0 Å². The van der Waals surface area contributed by atoms with E-state index in [1.54, 1.807) is 36.5 Å². The molecule has 1 fully saturated rings. The van der Waals surface area contributed by atoms with Crippen LogP contribution in [0.15, 0.2) is 90.0 Å². The summed E-state index contributed by atoms with van der Waals surface area (Å²) in [6.45, 7) is -0.215. The van der Waals surface area contributed by atoms with Gasteiger partial charge in [0, 0.05) is 41.2 Å². The van der Waals surface area contributed by atoms with E-state index in [-0.39, 0.29) is 35.5 Å². The lowest BCUT2D eigenvalue weighted by Crippen LogP contribution is -2.50. The molecule has 220 valence electrons. The number of amides is 1. The minimum Gasteiger partial charge on any atom is -0.611 e. The average molecular weight is 613 g/mol. The molecule has 1 unspecified atom stereocenters. The number of likely N-dealkylation sites (tertiary alicyclic amines) is 1. The zero-order chi connectivity index (χ0) is 30.5. The van der Waals surface area contributed by atoms with Crippen LogP contribution in [0, 0.1) is 5.82 Å². The summed E-state index contributed by atoms with van der Waals surface area (Å²) in [6.07, 6.45) is -11.1. The molecule has 0 aliphatic carbocycles. The Morgan fingerprint density at radius 3 is 2.12 bits per heavy atom. The number of rotatable bonds is 5. The Hall–Kier alpha value is -3.71. The van der Waals surface area contributed by atoms with Crippen LogP contribution >= 0.6 is 0 Å². The van der Waals surface area contributed by atoms with Gasteiger partial charge in [0.2, 0.25) is 0 Å². The van der Waals surface area contributed by atoms with Crippen LogP contribution in [0.5, 0.6) is 0 Å². The second-order valence-corrected chi connectivity index (χ2v) is 11.6. The monoisotopic (exact) mass is 612 g/mol. The van der Waals surface area contributed by atoms with Crippen LogP contribution in [0.2, 0.25) is 0 Å². The van der Waals surface area contributed by atoms with Crippen LogP contribution in [0.3, 0.4) is 0 Å². The topological polar surface area (TPSA) is 56.3 Å². The smallest absolute Gasteiger partial charge is 0.435 e. The maximum absolute atomic E-state index is 14.7. The summed E-state index contributed by atoms with van der Waals surface area (Å²) in [6, 6.07) is 15.3. The van der Waals surface area contributed by atoms with Gasteiger partial charge in [-0.15, -0.1) is 0 Å². The number of pyridine rings is 1. The Morgan fingerprint density at radius 1 is 0.857 bits per heavy atom. The zero-order valence-corrected chi connectivity index (χ0v) is 22.2. The van der Waals surface area contributed by atoms with Crippen molar-refractivity contribution >= 4 is 28.0 Å². The first kappa shape index (κ1) is 29.8. The molecule has 0 saturated carbocycles. The van der Waals surface area contributed by atoms with E-state index in [1.807, 2.05) is 0 Å². The first-order valence-corrected chi connectivity index (χ1v) is 13.6. The molecule has 42 heavy (non-hydrogen) atoms. The number of aromatic nitrogens is 1. The minimum absolute atomic E-state index is 0.00952. The molecule has 4 aromatic rings. The van der Waals surface area contributed by atoms with Gasteiger partial charge in [-0.05, 0) is 53.6 Å². The summed E-state index contributed by atoms with van der Waals surface area (Å²) in [5.74, 6) is -1.08. The Morgan fingerprint density at radius 2 is 1.50 bits per heavy atom. The molecule has 2 atom stereocenters.